The fourth-order valence-electron chi connectivity index (χ4n) is 3.19. The van der Waals surface area contributed by atoms with Crippen LogP contribution >= 0.6 is 0 Å². The zero-order chi connectivity index (χ0) is 15.7. The fraction of sp³-hybridized carbons (Fsp3) is 0.471. The molecule has 118 valence electrons. The molecule has 1 aromatic heterocycles. The van der Waals surface area contributed by atoms with Gasteiger partial charge in [-0.05, 0) is 51.0 Å². The van der Waals surface area contributed by atoms with Crippen molar-refractivity contribution in [3.63, 3.8) is 0 Å². The molecule has 0 amide bonds. The standard InChI is InChI=1S/C17H24N4O/c1-12-17(20-10-8-14(18)9-11-20)13(2)21(19-12)15-4-6-16(22-3)7-5-15/h4-7,14H,8-11,18H2,1-3H3. The van der Waals surface area contributed by atoms with Crippen LogP contribution in [0.4, 0.5) is 5.69 Å². The second-order valence-corrected chi connectivity index (χ2v) is 5.95. The monoisotopic (exact) mass is 300 g/mol. The van der Waals surface area contributed by atoms with Crippen LogP contribution in [0.1, 0.15) is 24.2 Å². The van der Waals surface area contributed by atoms with E-state index >= 15 is 0 Å². The van der Waals surface area contributed by atoms with E-state index in [1.807, 2.05) is 28.9 Å². The molecule has 1 aliphatic heterocycles. The van der Waals surface area contributed by atoms with Crippen LogP contribution in [-0.4, -0.2) is 36.0 Å². The lowest BCUT2D eigenvalue weighted by Gasteiger charge is -2.32. The number of benzene rings is 1. The topological polar surface area (TPSA) is 56.3 Å². The van der Waals surface area contributed by atoms with E-state index in [0.29, 0.717) is 6.04 Å². The Balaban J connectivity index is 1.92. The highest BCUT2D eigenvalue weighted by atomic mass is 16.5. The predicted octanol–water partition coefficient (Wildman–Crippen LogP) is 2.43. The number of piperidine rings is 1. The van der Waals surface area contributed by atoms with Gasteiger partial charge in [0.15, 0.2) is 0 Å². The van der Waals surface area contributed by atoms with Crippen molar-refractivity contribution in [1.29, 1.82) is 0 Å². The van der Waals surface area contributed by atoms with Gasteiger partial charge in [-0.15, -0.1) is 0 Å². The number of methoxy groups -OCH3 is 1. The van der Waals surface area contributed by atoms with Crippen LogP contribution in [0.3, 0.4) is 0 Å². The summed E-state index contributed by atoms with van der Waals surface area (Å²) in [6.45, 7) is 6.24. The van der Waals surface area contributed by atoms with Gasteiger partial charge in [-0.2, -0.15) is 5.10 Å². The summed E-state index contributed by atoms with van der Waals surface area (Å²) in [6, 6.07) is 8.34. The minimum Gasteiger partial charge on any atom is -0.497 e. The first-order chi connectivity index (χ1) is 10.6. The van der Waals surface area contributed by atoms with E-state index < -0.39 is 0 Å². The van der Waals surface area contributed by atoms with Gasteiger partial charge in [0.2, 0.25) is 0 Å². The summed E-state index contributed by atoms with van der Waals surface area (Å²) in [5.74, 6) is 0.857. The van der Waals surface area contributed by atoms with Crippen LogP contribution in [0.25, 0.3) is 5.69 Å². The van der Waals surface area contributed by atoms with Crippen molar-refractivity contribution in [1.82, 2.24) is 9.78 Å². The number of nitrogens with zero attached hydrogens (tertiary/aromatic N) is 3. The molecular formula is C17H24N4O. The van der Waals surface area contributed by atoms with Crippen molar-refractivity contribution in [2.75, 3.05) is 25.1 Å². The molecule has 0 radical (unpaired) electrons. The molecule has 5 nitrogen and oxygen atoms in total. The van der Waals surface area contributed by atoms with Crippen molar-refractivity contribution in [3.8, 4) is 11.4 Å². The van der Waals surface area contributed by atoms with E-state index in [4.69, 9.17) is 15.6 Å². The van der Waals surface area contributed by atoms with Gasteiger partial charge in [0, 0.05) is 19.1 Å². The summed E-state index contributed by atoms with van der Waals surface area (Å²) < 4.78 is 7.23. The number of hydrogen-bond acceptors (Lipinski definition) is 4. The molecule has 0 saturated carbocycles. The molecule has 2 aromatic rings. The van der Waals surface area contributed by atoms with Crippen molar-refractivity contribution >= 4 is 5.69 Å². The summed E-state index contributed by atoms with van der Waals surface area (Å²) >= 11 is 0. The first-order valence-corrected chi connectivity index (χ1v) is 7.81. The lowest BCUT2D eigenvalue weighted by atomic mass is 10.1. The van der Waals surface area contributed by atoms with Gasteiger partial charge in [-0.1, -0.05) is 0 Å². The van der Waals surface area contributed by atoms with Crippen LogP contribution in [-0.2, 0) is 0 Å². The Kier molecular flexibility index (Phi) is 4.07. The summed E-state index contributed by atoms with van der Waals surface area (Å²) in [6.07, 6.45) is 2.10. The highest BCUT2D eigenvalue weighted by molar-refractivity contribution is 5.57. The number of ether oxygens (including phenoxy) is 1. The maximum atomic E-state index is 6.02. The second-order valence-electron chi connectivity index (χ2n) is 5.95. The van der Waals surface area contributed by atoms with Crippen LogP contribution < -0.4 is 15.4 Å². The van der Waals surface area contributed by atoms with E-state index in [9.17, 15) is 0 Å². The minimum atomic E-state index is 0.341. The Hall–Kier alpha value is -2.01. The van der Waals surface area contributed by atoms with Crippen LogP contribution in [0.2, 0.25) is 0 Å². The normalized spacial score (nSPS) is 16.1. The van der Waals surface area contributed by atoms with Crippen molar-refractivity contribution < 1.29 is 4.74 Å². The van der Waals surface area contributed by atoms with Crippen LogP contribution in [0.15, 0.2) is 24.3 Å². The van der Waals surface area contributed by atoms with Gasteiger partial charge in [0.1, 0.15) is 5.75 Å². The van der Waals surface area contributed by atoms with Gasteiger partial charge in [0.25, 0.3) is 0 Å². The highest BCUT2D eigenvalue weighted by Crippen LogP contribution is 2.29. The largest absolute Gasteiger partial charge is 0.497 e. The Morgan fingerprint density at radius 1 is 1.14 bits per heavy atom. The van der Waals surface area contributed by atoms with Gasteiger partial charge in [0.05, 0.1) is 29.9 Å². The van der Waals surface area contributed by atoms with Crippen molar-refractivity contribution in [2.45, 2.75) is 32.7 Å². The SMILES string of the molecule is COc1ccc(-n2nc(C)c(N3CCC(N)CC3)c2C)cc1. The number of aromatic nitrogens is 2. The third kappa shape index (κ3) is 2.68. The molecule has 1 aromatic carbocycles. The average molecular weight is 300 g/mol. The Morgan fingerprint density at radius 3 is 2.36 bits per heavy atom. The van der Waals surface area contributed by atoms with Gasteiger partial charge in [-0.3, -0.25) is 0 Å². The summed E-state index contributed by atoms with van der Waals surface area (Å²) in [5, 5.41) is 4.73. The molecule has 0 aliphatic carbocycles. The van der Waals surface area contributed by atoms with E-state index in [1.54, 1.807) is 7.11 Å². The maximum Gasteiger partial charge on any atom is 0.119 e. The van der Waals surface area contributed by atoms with Gasteiger partial charge < -0.3 is 15.4 Å². The highest BCUT2D eigenvalue weighted by Gasteiger charge is 2.22. The smallest absolute Gasteiger partial charge is 0.119 e. The Morgan fingerprint density at radius 2 is 1.77 bits per heavy atom. The molecule has 0 unspecified atom stereocenters. The minimum absolute atomic E-state index is 0.341. The Labute approximate surface area is 131 Å². The number of aryl methyl sites for hydroxylation is 1. The van der Waals surface area contributed by atoms with Crippen LogP contribution in [0, 0.1) is 13.8 Å². The van der Waals surface area contributed by atoms with E-state index in [0.717, 1.165) is 43.1 Å². The summed E-state index contributed by atoms with van der Waals surface area (Å²) in [7, 11) is 1.68. The molecule has 0 spiro atoms. The van der Waals surface area contributed by atoms with Crippen LogP contribution in [0.5, 0.6) is 5.75 Å². The summed E-state index contributed by atoms with van der Waals surface area (Å²) in [4.78, 5) is 2.42. The number of rotatable bonds is 3. The average Bonchev–Trinajstić information content (AvgIpc) is 2.83. The summed E-state index contributed by atoms with van der Waals surface area (Å²) in [5.41, 5.74) is 10.6. The predicted molar refractivity (Wildman–Crippen MR) is 89.0 cm³/mol. The number of anilines is 1. The lowest BCUT2D eigenvalue weighted by Crippen LogP contribution is -2.40. The van der Waals surface area contributed by atoms with Gasteiger partial charge in [-0.25, -0.2) is 4.68 Å². The van der Waals surface area contributed by atoms with E-state index in [-0.39, 0.29) is 0 Å². The molecule has 22 heavy (non-hydrogen) atoms. The van der Waals surface area contributed by atoms with Gasteiger partial charge >= 0.3 is 0 Å². The second kappa shape index (κ2) is 6.01. The molecule has 2 N–H and O–H groups in total. The molecule has 1 saturated heterocycles. The molecule has 0 atom stereocenters. The lowest BCUT2D eigenvalue weighted by molar-refractivity contribution is 0.414. The molecule has 5 heteroatoms. The van der Waals surface area contributed by atoms with Crippen molar-refractivity contribution in [2.24, 2.45) is 5.73 Å². The first kappa shape index (κ1) is 14.9. The molecule has 0 bridgehead atoms. The molecule has 1 fully saturated rings. The number of nitrogens with two attached hydrogens (primary N) is 1. The quantitative estimate of drug-likeness (QED) is 0.946. The maximum absolute atomic E-state index is 6.02. The number of hydrogen-bond donors (Lipinski definition) is 1. The van der Waals surface area contributed by atoms with E-state index in [2.05, 4.69) is 18.7 Å². The van der Waals surface area contributed by atoms with E-state index in [1.165, 1.54) is 11.4 Å². The third-order valence-electron chi connectivity index (χ3n) is 4.43. The Bertz CT molecular complexity index is 639. The molecular weight excluding hydrogens is 276 g/mol. The molecule has 2 heterocycles. The third-order valence-corrected chi connectivity index (χ3v) is 4.43. The molecule has 3 rings (SSSR count). The molecule has 1 aliphatic rings. The zero-order valence-electron chi connectivity index (χ0n) is 13.5. The first-order valence-electron chi connectivity index (χ1n) is 7.81. The zero-order valence-corrected chi connectivity index (χ0v) is 13.5. The fourth-order valence-corrected chi connectivity index (χ4v) is 3.19. The van der Waals surface area contributed by atoms with Crippen molar-refractivity contribution in [3.05, 3.63) is 35.7 Å².